The van der Waals surface area contributed by atoms with Gasteiger partial charge in [0, 0.05) is 23.9 Å². The van der Waals surface area contributed by atoms with Gasteiger partial charge in [-0.2, -0.15) is 5.10 Å². The highest BCUT2D eigenvalue weighted by Crippen LogP contribution is 2.11. The highest BCUT2D eigenvalue weighted by atomic mass is 16.6. The second-order valence-electron chi connectivity index (χ2n) is 4.19. The Labute approximate surface area is 131 Å². The quantitative estimate of drug-likeness (QED) is 0.354. The Morgan fingerprint density at radius 3 is 2.30 bits per heavy atom. The van der Waals surface area contributed by atoms with Crippen molar-refractivity contribution >= 4 is 29.6 Å². The number of amides is 3. The minimum absolute atomic E-state index is 0.139. The Morgan fingerprint density at radius 2 is 1.74 bits per heavy atom. The van der Waals surface area contributed by atoms with Crippen molar-refractivity contribution in [2.75, 3.05) is 13.1 Å². The zero-order valence-corrected chi connectivity index (χ0v) is 12.2. The van der Waals surface area contributed by atoms with Crippen molar-refractivity contribution < 1.29 is 19.3 Å². The topological polar surface area (TPSA) is 143 Å². The van der Waals surface area contributed by atoms with E-state index in [1.807, 2.05) is 0 Å². The fraction of sp³-hybridized carbons (Fsp3) is 0.231. The molecule has 122 valence electrons. The number of rotatable bonds is 7. The van der Waals surface area contributed by atoms with Crippen molar-refractivity contribution in [3.8, 4) is 0 Å². The van der Waals surface area contributed by atoms with Crippen LogP contribution in [0.5, 0.6) is 0 Å². The molecule has 23 heavy (non-hydrogen) atoms. The summed E-state index contributed by atoms with van der Waals surface area (Å²) in [6.07, 6.45) is 1.38. The van der Waals surface area contributed by atoms with E-state index in [1.165, 1.54) is 30.5 Å². The van der Waals surface area contributed by atoms with E-state index < -0.39 is 22.6 Å². The predicted octanol–water partition coefficient (Wildman–Crippen LogP) is -0.437. The lowest BCUT2D eigenvalue weighted by Gasteiger charge is -2.06. The van der Waals surface area contributed by atoms with Crippen LogP contribution in [-0.2, 0) is 9.59 Å². The Balaban J connectivity index is 2.39. The van der Waals surface area contributed by atoms with Gasteiger partial charge in [0.05, 0.1) is 18.0 Å². The van der Waals surface area contributed by atoms with E-state index in [-0.39, 0.29) is 24.3 Å². The molecule has 1 rings (SSSR count). The molecule has 0 atom stereocenters. The second kappa shape index (κ2) is 8.87. The van der Waals surface area contributed by atoms with Crippen molar-refractivity contribution in [2.24, 2.45) is 5.10 Å². The van der Waals surface area contributed by atoms with Crippen LogP contribution in [0.4, 0.5) is 5.69 Å². The van der Waals surface area contributed by atoms with Crippen molar-refractivity contribution in [3.63, 3.8) is 0 Å². The lowest BCUT2D eigenvalue weighted by atomic mass is 10.2. The summed E-state index contributed by atoms with van der Waals surface area (Å²) >= 11 is 0. The molecule has 0 bridgehead atoms. The maximum Gasteiger partial charge on any atom is 0.269 e. The zero-order valence-electron chi connectivity index (χ0n) is 12.2. The number of hydrazone groups is 1. The minimum atomic E-state index is -0.581. The van der Waals surface area contributed by atoms with Gasteiger partial charge in [0.1, 0.15) is 0 Å². The maximum atomic E-state index is 11.8. The molecule has 0 fully saturated rings. The number of benzene rings is 1. The normalized spacial score (nSPS) is 10.1. The summed E-state index contributed by atoms with van der Waals surface area (Å²) in [6, 6.07) is 4.93. The van der Waals surface area contributed by atoms with Crippen LogP contribution in [0.1, 0.15) is 17.3 Å². The first-order valence-corrected chi connectivity index (χ1v) is 6.50. The van der Waals surface area contributed by atoms with Gasteiger partial charge in [-0.25, -0.2) is 5.43 Å². The van der Waals surface area contributed by atoms with E-state index in [0.717, 1.165) is 0 Å². The van der Waals surface area contributed by atoms with Gasteiger partial charge in [-0.3, -0.25) is 24.5 Å². The molecule has 0 aliphatic carbocycles. The van der Waals surface area contributed by atoms with Gasteiger partial charge >= 0.3 is 0 Å². The number of nitro groups is 1. The molecule has 0 saturated carbocycles. The molecule has 10 nitrogen and oxygen atoms in total. The van der Waals surface area contributed by atoms with Crippen LogP contribution < -0.4 is 16.1 Å². The molecule has 0 unspecified atom stereocenters. The SMILES string of the molecule is CC=NNC(=O)CNC(=O)CNC(=O)c1ccc([N+](=O)[O-])cc1. The molecule has 0 aliphatic heterocycles. The van der Waals surface area contributed by atoms with E-state index >= 15 is 0 Å². The molecule has 3 N–H and O–H groups in total. The molecular formula is C13H15N5O5. The molecule has 1 aromatic rings. The average molecular weight is 321 g/mol. The molecule has 10 heteroatoms. The number of carbonyl (C=O) groups is 3. The Kier molecular flexibility index (Phi) is 6.85. The highest BCUT2D eigenvalue weighted by molar-refractivity contribution is 5.97. The van der Waals surface area contributed by atoms with E-state index in [2.05, 4.69) is 21.2 Å². The lowest BCUT2D eigenvalue weighted by Crippen LogP contribution is -2.41. The highest BCUT2D eigenvalue weighted by Gasteiger charge is 2.11. The van der Waals surface area contributed by atoms with Crippen molar-refractivity contribution in [1.82, 2.24) is 16.1 Å². The number of hydrogen-bond acceptors (Lipinski definition) is 6. The number of non-ortho nitro benzene ring substituents is 1. The predicted molar refractivity (Wildman–Crippen MR) is 80.7 cm³/mol. The van der Waals surface area contributed by atoms with Crippen molar-refractivity contribution in [1.29, 1.82) is 0 Å². The number of carbonyl (C=O) groups excluding carboxylic acids is 3. The van der Waals surface area contributed by atoms with E-state index in [1.54, 1.807) is 6.92 Å². The van der Waals surface area contributed by atoms with Crippen LogP contribution >= 0.6 is 0 Å². The molecule has 0 heterocycles. The largest absolute Gasteiger partial charge is 0.345 e. The lowest BCUT2D eigenvalue weighted by molar-refractivity contribution is -0.384. The fourth-order valence-corrected chi connectivity index (χ4v) is 1.41. The number of nitro benzene ring substituents is 1. The van der Waals surface area contributed by atoms with Crippen LogP contribution in [0.15, 0.2) is 29.4 Å². The third-order valence-corrected chi connectivity index (χ3v) is 2.51. The zero-order chi connectivity index (χ0) is 17.2. The van der Waals surface area contributed by atoms with Crippen molar-refractivity contribution in [3.05, 3.63) is 39.9 Å². The number of nitrogens with zero attached hydrogens (tertiary/aromatic N) is 2. The molecule has 0 spiro atoms. The molecule has 0 aliphatic rings. The first kappa shape index (κ1) is 17.8. The Morgan fingerprint density at radius 1 is 1.13 bits per heavy atom. The summed E-state index contributed by atoms with van der Waals surface area (Å²) in [5, 5.41) is 18.6. The van der Waals surface area contributed by atoms with Crippen LogP contribution in [0.3, 0.4) is 0 Å². The van der Waals surface area contributed by atoms with Gasteiger partial charge in [0.2, 0.25) is 5.91 Å². The third-order valence-electron chi connectivity index (χ3n) is 2.51. The number of nitrogens with one attached hydrogen (secondary N) is 3. The summed E-state index contributed by atoms with van der Waals surface area (Å²) < 4.78 is 0. The van der Waals surface area contributed by atoms with E-state index in [9.17, 15) is 24.5 Å². The Bertz CT molecular complexity index is 626. The summed E-state index contributed by atoms with van der Waals surface area (Å²) in [6.45, 7) is 1.01. The van der Waals surface area contributed by atoms with Crippen LogP contribution in [0.25, 0.3) is 0 Å². The molecule has 0 radical (unpaired) electrons. The summed E-state index contributed by atoms with van der Waals surface area (Å²) in [4.78, 5) is 44.3. The third kappa shape index (κ3) is 6.33. The Hall–Kier alpha value is -3.30. The number of hydrogen-bond donors (Lipinski definition) is 3. The van der Waals surface area contributed by atoms with Crippen molar-refractivity contribution in [2.45, 2.75) is 6.92 Å². The fourth-order valence-electron chi connectivity index (χ4n) is 1.41. The summed E-state index contributed by atoms with van der Waals surface area (Å²) in [5.74, 6) is -1.62. The molecule has 3 amide bonds. The van der Waals surface area contributed by atoms with E-state index in [4.69, 9.17) is 0 Å². The first-order chi connectivity index (χ1) is 10.9. The van der Waals surface area contributed by atoms with Crippen LogP contribution in [0, 0.1) is 10.1 Å². The van der Waals surface area contributed by atoms with Gasteiger partial charge in [0.15, 0.2) is 0 Å². The standard InChI is InChI=1S/C13H15N5O5/c1-2-16-17-12(20)8-14-11(19)7-15-13(21)9-3-5-10(6-4-9)18(22)23/h2-6H,7-8H2,1H3,(H,14,19)(H,15,21)(H,17,20). The van der Waals surface area contributed by atoms with Gasteiger partial charge in [0.25, 0.3) is 17.5 Å². The summed E-state index contributed by atoms with van der Waals surface area (Å²) in [5.41, 5.74) is 2.21. The first-order valence-electron chi connectivity index (χ1n) is 6.50. The molecular weight excluding hydrogens is 306 g/mol. The maximum absolute atomic E-state index is 11.8. The minimum Gasteiger partial charge on any atom is -0.345 e. The second-order valence-corrected chi connectivity index (χ2v) is 4.19. The van der Waals surface area contributed by atoms with Crippen LogP contribution in [0.2, 0.25) is 0 Å². The molecule has 0 aromatic heterocycles. The average Bonchev–Trinajstić information content (AvgIpc) is 2.55. The smallest absolute Gasteiger partial charge is 0.269 e. The van der Waals surface area contributed by atoms with Gasteiger partial charge in [-0.05, 0) is 19.1 Å². The molecule has 0 saturated heterocycles. The monoisotopic (exact) mass is 321 g/mol. The van der Waals surface area contributed by atoms with Gasteiger partial charge in [-0.15, -0.1) is 0 Å². The van der Waals surface area contributed by atoms with Gasteiger partial charge < -0.3 is 10.6 Å². The van der Waals surface area contributed by atoms with Crippen LogP contribution in [-0.4, -0.2) is 41.9 Å². The molecule has 1 aromatic carbocycles. The van der Waals surface area contributed by atoms with E-state index in [0.29, 0.717) is 0 Å². The summed E-state index contributed by atoms with van der Waals surface area (Å²) in [7, 11) is 0. The van der Waals surface area contributed by atoms with Gasteiger partial charge in [-0.1, -0.05) is 0 Å².